The Bertz CT molecular complexity index is 222. The van der Waals surface area contributed by atoms with Crippen molar-refractivity contribution in [3.8, 4) is 0 Å². The van der Waals surface area contributed by atoms with Gasteiger partial charge in [-0.2, -0.15) is 0 Å². The van der Waals surface area contributed by atoms with Gasteiger partial charge >= 0.3 is 0 Å². The van der Waals surface area contributed by atoms with Crippen LogP contribution < -0.4 is 5.73 Å². The van der Waals surface area contributed by atoms with E-state index in [2.05, 4.69) is 25.8 Å². The van der Waals surface area contributed by atoms with E-state index >= 15 is 0 Å². The van der Waals surface area contributed by atoms with Gasteiger partial charge in [0.25, 0.3) is 0 Å². The van der Waals surface area contributed by atoms with E-state index in [4.69, 9.17) is 18.0 Å². The van der Waals surface area contributed by atoms with Gasteiger partial charge in [0, 0.05) is 12.0 Å². The first-order chi connectivity index (χ1) is 6.92. The molecule has 0 heterocycles. The summed E-state index contributed by atoms with van der Waals surface area (Å²) < 4.78 is 0. The fourth-order valence-corrected chi connectivity index (χ4v) is 1.90. The van der Waals surface area contributed by atoms with Gasteiger partial charge in [-0.1, -0.05) is 32.5 Å². The molecule has 0 aromatic heterocycles. The van der Waals surface area contributed by atoms with Crippen LogP contribution in [-0.4, -0.2) is 30.0 Å². The van der Waals surface area contributed by atoms with Crippen LogP contribution in [-0.2, 0) is 0 Å². The van der Waals surface area contributed by atoms with Crippen LogP contribution in [0.4, 0.5) is 0 Å². The largest absolute Gasteiger partial charge is 0.393 e. The van der Waals surface area contributed by atoms with Gasteiger partial charge in [0.05, 0.1) is 4.99 Å². The van der Waals surface area contributed by atoms with Crippen LogP contribution >= 0.6 is 12.2 Å². The minimum absolute atomic E-state index is 0.00318. The van der Waals surface area contributed by atoms with Gasteiger partial charge in [0.15, 0.2) is 0 Å². The van der Waals surface area contributed by atoms with E-state index in [1.807, 2.05) is 0 Å². The first kappa shape index (κ1) is 12.9. The summed E-state index contributed by atoms with van der Waals surface area (Å²) in [5, 5.41) is 0. The number of hydrogen-bond donors (Lipinski definition) is 1. The second-order valence-electron chi connectivity index (χ2n) is 5.56. The molecule has 0 amide bonds. The van der Waals surface area contributed by atoms with Crippen molar-refractivity contribution in [1.29, 1.82) is 0 Å². The van der Waals surface area contributed by atoms with Gasteiger partial charge in [-0.05, 0) is 38.8 Å². The van der Waals surface area contributed by atoms with Crippen LogP contribution in [0.1, 0.15) is 39.5 Å². The van der Waals surface area contributed by atoms with Gasteiger partial charge < -0.3 is 10.6 Å². The quantitative estimate of drug-likeness (QED) is 0.708. The van der Waals surface area contributed by atoms with Gasteiger partial charge in [-0.15, -0.1) is 0 Å². The normalized spacial score (nSPS) is 17.9. The van der Waals surface area contributed by atoms with Crippen molar-refractivity contribution in [1.82, 2.24) is 4.90 Å². The van der Waals surface area contributed by atoms with Gasteiger partial charge in [-0.25, -0.2) is 0 Å². The van der Waals surface area contributed by atoms with Gasteiger partial charge in [-0.3, -0.25) is 0 Å². The number of nitrogens with zero attached hydrogens (tertiary/aromatic N) is 1. The van der Waals surface area contributed by atoms with Crippen LogP contribution in [0.2, 0.25) is 0 Å². The van der Waals surface area contributed by atoms with Crippen molar-refractivity contribution in [3.05, 3.63) is 0 Å². The Kier molecular flexibility index (Phi) is 4.53. The standard InChI is InChI=1S/C12H24N2S/c1-12(2,11(13)15)7-8-14(3)9-10-5-4-6-10/h10H,4-9H2,1-3H3,(H2,13,15). The number of rotatable bonds is 6. The Morgan fingerprint density at radius 2 is 2.07 bits per heavy atom. The summed E-state index contributed by atoms with van der Waals surface area (Å²) in [6, 6.07) is 0. The van der Waals surface area contributed by atoms with Crippen LogP contribution in [0.15, 0.2) is 0 Å². The zero-order valence-electron chi connectivity index (χ0n) is 10.3. The van der Waals surface area contributed by atoms with Crippen LogP contribution in [0.5, 0.6) is 0 Å². The third kappa shape index (κ3) is 4.07. The van der Waals surface area contributed by atoms with Crippen molar-refractivity contribution in [2.45, 2.75) is 39.5 Å². The molecule has 1 fully saturated rings. The molecule has 0 bridgehead atoms. The summed E-state index contributed by atoms with van der Waals surface area (Å²) in [5.41, 5.74) is 5.71. The molecule has 1 aliphatic rings. The second kappa shape index (κ2) is 5.26. The molecule has 1 saturated carbocycles. The molecule has 88 valence electrons. The first-order valence-electron chi connectivity index (χ1n) is 5.90. The molecule has 1 aliphatic carbocycles. The fraction of sp³-hybridized carbons (Fsp3) is 0.917. The molecule has 0 atom stereocenters. The Hall–Kier alpha value is -0.150. The van der Waals surface area contributed by atoms with Crippen LogP contribution in [0, 0.1) is 11.3 Å². The average molecular weight is 228 g/mol. The highest BCUT2D eigenvalue weighted by atomic mass is 32.1. The number of thiocarbonyl (C=S) groups is 1. The minimum Gasteiger partial charge on any atom is -0.393 e. The van der Waals surface area contributed by atoms with Crippen molar-refractivity contribution >= 4 is 17.2 Å². The third-order valence-electron chi connectivity index (χ3n) is 3.58. The van der Waals surface area contributed by atoms with Crippen LogP contribution in [0.3, 0.4) is 0 Å². The summed E-state index contributed by atoms with van der Waals surface area (Å²) in [7, 11) is 2.20. The number of hydrogen-bond acceptors (Lipinski definition) is 2. The molecular weight excluding hydrogens is 204 g/mol. The molecule has 15 heavy (non-hydrogen) atoms. The summed E-state index contributed by atoms with van der Waals surface area (Å²) in [6.07, 6.45) is 5.33. The topological polar surface area (TPSA) is 29.3 Å². The highest BCUT2D eigenvalue weighted by molar-refractivity contribution is 7.80. The molecule has 0 aromatic carbocycles. The van der Waals surface area contributed by atoms with Gasteiger partial charge in [0.2, 0.25) is 0 Å². The van der Waals surface area contributed by atoms with E-state index < -0.39 is 0 Å². The number of nitrogens with two attached hydrogens (primary N) is 1. The van der Waals surface area contributed by atoms with Crippen LogP contribution in [0.25, 0.3) is 0 Å². The van der Waals surface area contributed by atoms with E-state index in [0.717, 1.165) is 18.9 Å². The first-order valence-corrected chi connectivity index (χ1v) is 6.31. The fourth-order valence-electron chi connectivity index (χ4n) is 1.80. The molecule has 0 aromatic rings. The molecule has 1 rings (SSSR count). The summed E-state index contributed by atoms with van der Waals surface area (Å²) >= 11 is 5.06. The molecule has 0 radical (unpaired) electrons. The monoisotopic (exact) mass is 228 g/mol. The third-order valence-corrected chi connectivity index (χ3v) is 4.13. The Labute approximate surface area is 99.2 Å². The van der Waals surface area contributed by atoms with E-state index in [-0.39, 0.29) is 5.41 Å². The maximum atomic E-state index is 5.71. The maximum absolute atomic E-state index is 5.71. The summed E-state index contributed by atoms with van der Waals surface area (Å²) in [4.78, 5) is 3.06. The lowest BCUT2D eigenvalue weighted by atomic mass is 9.84. The summed E-state index contributed by atoms with van der Waals surface area (Å²) in [6.45, 7) is 6.60. The lowest BCUT2D eigenvalue weighted by Gasteiger charge is -2.32. The highest BCUT2D eigenvalue weighted by Gasteiger charge is 2.23. The Morgan fingerprint density at radius 1 is 1.47 bits per heavy atom. The van der Waals surface area contributed by atoms with E-state index in [1.165, 1.54) is 25.8 Å². The molecule has 2 nitrogen and oxygen atoms in total. The summed E-state index contributed by atoms with van der Waals surface area (Å²) in [5.74, 6) is 0.947. The highest BCUT2D eigenvalue weighted by Crippen LogP contribution is 2.27. The second-order valence-corrected chi connectivity index (χ2v) is 6.00. The van der Waals surface area contributed by atoms with Crippen molar-refractivity contribution in [2.24, 2.45) is 17.1 Å². The molecule has 0 unspecified atom stereocenters. The molecule has 0 spiro atoms. The molecular formula is C12H24N2S. The van der Waals surface area contributed by atoms with E-state index in [9.17, 15) is 0 Å². The van der Waals surface area contributed by atoms with Crippen molar-refractivity contribution in [3.63, 3.8) is 0 Å². The maximum Gasteiger partial charge on any atom is 0.0784 e. The predicted molar refractivity (Wildman–Crippen MR) is 70.0 cm³/mol. The zero-order chi connectivity index (χ0) is 11.5. The van der Waals surface area contributed by atoms with E-state index in [1.54, 1.807) is 0 Å². The Balaban J connectivity index is 2.20. The minimum atomic E-state index is 0.00318. The van der Waals surface area contributed by atoms with Crippen molar-refractivity contribution < 1.29 is 0 Å². The van der Waals surface area contributed by atoms with E-state index in [0.29, 0.717) is 4.99 Å². The Morgan fingerprint density at radius 3 is 2.47 bits per heavy atom. The molecule has 0 saturated heterocycles. The molecule has 2 N–H and O–H groups in total. The molecule has 3 heteroatoms. The molecule has 0 aliphatic heterocycles. The van der Waals surface area contributed by atoms with Gasteiger partial charge in [0.1, 0.15) is 0 Å². The average Bonchev–Trinajstić information content (AvgIpc) is 2.08. The lowest BCUT2D eigenvalue weighted by molar-refractivity contribution is 0.194. The predicted octanol–water partition coefficient (Wildman–Crippen LogP) is 2.42. The lowest BCUT2D eigenvalue weighted by Crippen LogP contribution is -2.36. The smallest absolute Gasteiger partial charge is 0.0784 e. The zero-order valence-corrected chi connectivity index (χ0v) is 11.1. The SMILES string of the molecule is CN(CCC(C)(C)C(N)=S)CC1CCC1. The van der Waals surface area contributed by atoms with Crippen molar-refractivity contribution in [2.75, 3.05) is 20.1 Å².